The first-order valence-electron chi connectivity index (χ1n) is 13.2. The average molecular weight is 504 g/mol. The van der Waals surface area contributed by atoms with Gasteiger partial charge in [-0.1, -0.05) is 30.3 Å². The molecule has 7 nitrogen and oxygen atoms in total. The summed E-state index contributed by atoms with van der Waals surface area (Å²) in [6, 6.07) is 22.2. The molecule has 0 unspecified atom stereocenters. The maximum absolute atomic E-state index is 12.2. The lowest BCUT2D eigenvalue weighted by atomic mass is 9.89. The van der Waals surface area contributed by atoms with Crippen LogP contribution in [0.4, 0.5) is 5.69 Å². The van der Waals surface area contributed by atoms with Crippen LogP contribution in [-0.2, 0) is 4.74 Å². The van der Waals surface area contributed by atoms with E-state index in [4.69, 9.17) is 15.6 Å². The normalized spacial score (nSPS) is 20.4. The Morgan fingerprint density at radius 2 is 2.00 bits per heavy atom. The Bertz CT molecular complexity index is 1710. The number of primary amides is 1. The summed E-state index contributed by atoms with van der Waals surface area (Å²) in [6.45, 7) is 2.78. The number of nitrogens with one attached hydrogen (secondary N) is 1. The van der Waals surface area contributed by atoms with Gasteiger partial charge in [-0.05, 0) is 68.1 Å². The smallest absolute Gasteiger partial charge is 0.250 e. The molecule has 1 amide bonds. The zero-order valence-electron chi connectivity index (χ0n) is 21.2. The average Bonchev–Trinajstić information content (AvgIpc) is 3.66. The molecular formula is C31H29N5O2. The predicted octanol–water partition coefficient (Wildman–Crippen LogP) is 5.63. The molecular weight excluding hydrogens is 474 g/mol. The number of hydrogen-bond acceptors (Lipinski definition) is 5. The molecule has 2 bridgehead atoms. The van der Waals surface area contributed by atoms with Crippen LogP contribution in [0.25, 0.3) is 38.6 Å². The summed E-state index contributed by atoms with van der Waals surface area (Å²) in [5, 5.41) is 10.6. The van der Waals surface area contributed by atoms with E-state index in [1.165, 1.54) is 0 Å². The molecule has 0 aliphatic carbocycles. The number of nitrogens with zero attached hydrogens (tertiary/aromatic N) is 3. The summed E-state index contributed by atoms with van der Waals surface area (Å²) in [6.07, 6.45) is 5.97. The van der Waals surface area contributed by atoms with Crippen molar-refractivity contribution in [2.75, 3.05) is 11.9 Å². The summed E-state index contributed by atoms with van der Waals surface area (Å²) < 4.78 is 7.96. The number of ether oxygens (including phenoxy) is 1. The Labute approximate surface area is 220 Å². The van der Waals surface area contributed by atoms with E-state index in [9.17, 15) is 4.79 Å². The van der Waals surface area contributed by atoms with Crippen LogP contribution in [0.1, 0.15) is 35.3 Å². The second-order valence-corrected chi connectivity index (χ2v) is 10.5. The molecule has 3 N–H and O–H groups in total. The van der Waals surface area contributed by atoms with Gasteiger partial charge in [0.15, 0.2) is 0 Å². The van der Waals surface area contributed by atoms with Crippen LogP contribution in [-0.4, -0.2) is 39.4 Å². The molecule has 3 atom stereocenters. The van der Waals surface area contributed by atoms with E-state index in [0.717, 1.165) is 75.8 Å². The van der Waals surface area contributed by atoms with Crippen molar-refractivity contribution in [1.82, 2.24) is 14.8 Å². The number of pyridine rings is 1. The van der Waals surface area contributed by atoms with Crippen molar-refractivity contribution in [3.05, 3.63) is 84.2 Å². The van der Waals surface area contributed by atoms with Gasteiger partial charge in [0.1, 0.15) is 0 Å². The van der Waals surface area contributed by atoms with E-state index in [0.29, 0.717) is 23.7 Å². The van der Waals surface area contributed by atoms with E-state index in [1.54, 1.807) is 6.07 Å². The Kier molecular flexibility index (Phi) is 5.40. The lowest BCUT2D eigenvalue weighted by molar-refractivity contribution is 0.0941. The summed E-state index contributed by atoms with van der Waals surface area (Å²) in [5.74, 6) is -0.000122. The molecule has 2 aromatic heterocycles. The van der Waals surface area contributed by atoms with Crippen LogP contribution in [0.5, 0.6) is 0 Å². The van der Waals surface area contributed by atoms with Crippen molar-refractivity contribution >= 4 is 33.4 Å². The van der Waals surface area contributed by atoms with Crippen LogP contribution in [0.3, 0.4) is 0 Å². The van der Waals surface area contributed by atoms with Crippen LogP contribution < -0.4 is 11.1 Å². The Morgan fingerprint density at radius 3 is 2.82 bits per heavy atom. The first kappa shape index (κ1) is 22.9. The molecule has 5 aromatic rings. The van der Waals surface area contributed by atoms with Crippen molar-refractivity contribution in [2.24, 2.45) is 11.7 Å². The zero-order valence-corrected chi connectivity index (χ0v) is 21.2. The standard InChI is InChI=1S/C31H29N5O2/c1-18-30-24(20-13-19-5-2-3-7-26(19)33-16-20)6-4-8-28(30)36(35-18)22-9-11-25(31(32)37)27(15-22)34-17-21-14-23-10-12-29(21)38-23/h2-9,11,13,15-16,21,23,29,34H,10,12,14,17H2,1H3,(H2,32,37)/t21-,23-,29+/m1/s1. The van der Waals surface area contributed by atoms with E-state index in [2.05, 4.69) is 40.6 Å². The number of carbonyl (C=O) groups excluding carboxylic acids is 1. The number of anilines is 1. The number of benzene rings is 3. The number of carbonyl (C=O) groups is 1. The fraction of sp³-hybridized carbons (Fsp3) is 0.258. The molecule has 4 heterocycles. The van der Waals surface area contributed by atoms with Gasteiger partial charge in [-0.3, -0.25) is 9.78 Å². The number of para-hydroxylation sites is 1. The van der Waals surface area contributed by atoms with Gasteiger partial charge in [0.2, 0.25) is 0 Å². The van der Waals surface area contributed by atoms with E-state index >= 15 is 0 Å². The van der Waals surface area contributed by atoms with Gasteiger partial charge in [0.05, 0.1) is 40.2 Å². The fourth-order valence-corrected chi connectivity index (χ4v) is 6.23. The highest BCUT2D eigenvalue weighted by Gasteiger charge is 2.40. The van der Waals surface area contributed by atoms with E-state index in [1.807, 2.05) is 48.1 Å². The molecule has 0 radical (unpaired) electrons. The van der Waals surface area contributed by atoms with Crippen LogP contribution in [0.2, 0.25) is 0 Å². The highest BCUT2D eigenvalue weighted by Crippen LogP contribution is 2.39. The van der Waals surface area contributed by atoms with Crippen molar-refractivity contribution in [1.29, 1.82) is 0 Å². The Morgan fingerprint density at radius 1 is 1.11 bits per heavy atom. The molecule has 38 heavy (non-hydrogen) atoms. The van der Waals surface area contributed by atoms with Crippen molar-refractivity contribution in [3.63, 3.8) is 0 Å². The molecule has 2 saturated heterocycles. The third kappa shape index (κ3) is 3.82. The molecule has 7 rings (SSSR count). The van der Waals surface area contributed by atoms with E-state index < -0.39 is 5.91 Å². The number of nitrogens with two attached hydrogens (primary N) is 1. The molecule has 7 heteroatoms. The van der Waals surface area contributed by atoms with E-state index in [-0.39, 0.29) is 0 Å². The molecule has 0 spiro atoms. The van der Waals surface area contributed by atoms with Gasteiger partial charge in [-0.15, -0.1) is 0 Å². The number of rotatable bonds is 6. The SMILES string of the molecule is Cc1nn(-c2ccc(C(N)=O)c(NC[C@H]3C[C@H]4CC[C@@H]3O4)c2)c2cccc(-c3cnc4ccccc4c3)c12. The predicted molar refractivity (Wildman–Crippen MR) is 150 cm³/mol. The van der Waals surface area contributed by atoms with Crippen molar-refractivity contribution in [2.45, 2.75) is 38.4 Å². The molecule has 190 valence electrons. The maximum atomic E-state index is 12.2. The summed E-state index contributed by atoms with van der Waals surface area (Å²) in [5.41, 5.74) is 12.9. The number of hydrogen-bond donors (Lipinski definition) is 2. The lowest BCUT2D eigenvalue weighted by Gasteiger charge is -2.21. The Balaban J connectivity index is 1.28. The molecule has 3 aromatic carbocycles. The minimum Gasteiger partial charge on any atom is -0.384 e. The van der Waals surface area contributed by atoms with Gasteiger partial charge in [0.25, 0.3) is 5.91 Å². The topological polar surface area (TPSA) is 95.1 Å². The number of aromatic nitrogens is 3. The van der Waals surface area contributed by atoms with Crippen molar-refractivity contribution in [3.8, 4) is 16.8 Å². The minimum atomic E-state index is -0.448. The fourth-order valence-electron chi connectivity index (χ4n) is 6.23. The van der Waals surface area contributed by atoms with Crippen LogP contribution in [0, 0.1) is 12.8 Å². The summed E-state index contributed by atoms with van der Waals surface area (Å²) in [7, 11) is 0. The minimum absolute atomic E-state index is 0.313. The lowest BCUT2D eigenvalue weighted by Crippen LogP contribution is -2.25. The highest BCUT2D eigenvalue weighted by atomic mass is 16.5. The molecule has 2 aliphatic heterocycles. The first-order valence-corrected chi connectivity index (χ1v) is 13.2. The van der Waals surface area contributed by atoms with Gasteiger partial charge in [0, 0.05) is 40.7 Å². The van der Waals surface area contributed by atoms with Crippen LogP contribution >= 0.6 is 0 Å². The van der Waals surface area contributed by atoms with Crippen LogP contribution in [0.15, 0.2) is 72.9 Å². The van der Waals surface area contributed by atoms with Gasteiger partial charge < -0.3 is 15.8 Å². The van der Waals surface area contributed by atoms with Crippen molar-refractivity contribution < 1.29 is 9.53 Å². The van der Waals surface area contributed by atoms with Gasteiger partial charge in [-0.2, -0.15) is 5.10 Å². The Hall–Kier alpha value is -4.23. The number of amides is 1. The quantitative estimate of drug-likeness (QED) is 0.313. The number of fused-ring (bicyclic) bond motifs is 4. The molecule has 0 saturated carbocycles. The monoisotopic (exact) mass is 503 g/mol. The third-order valence-corrected chi connectivity index (χ3v) is 8.08. The number of aryl methyl sites for hydroxylation is 1. The second kappa shape index (κ2) is 8.96. The zero-order chi connectivity index (χ0) is 25.8. The molecule has 2 aliphatic rings. The van der Waals surface area contributed by atoms with Gasteiger partial charge in [-0.25, -0.2) is 4.68 Å². The molecule has 2 fully saturated rings. The second-order valence-electron chi connectivity index (χ2n) is 10.5. The first-order chi connectivity index (χ1) is 18.5. The highest BCUT2D eigenvalue weighted by molar-refractivity contribution is 6.00. The maximum Gasteiger partial charge on any atom is 0.250 e. The summed E-state index contributed by atoms with van der Waals surface area (Å²) in [4.78, 5) is 16.9. The third-order valence-electron chi connectivity index (χ3n) is 8.08. The largest absolute Gasteiger partial charge is 0.384 e. The summed E-state index contributed by atoms with van der Waals surface area (Å²) >= 11 is 0. The van der Waals surface area contributed by atoms with Gasteiger partial charge >= 0.3 is 0 Å².